The molecule has 0 bridgehead atoms. The van der Waals surface area contributed by atoms with Crippen molar-refractivity contribution in [2.75, 3.05) is 13.6 Å². The largest absolute Gasteiger partial charge is 0.378 e. The maximum Gasteiger partial charge on any atom is 0.187 e. The predicted octanol–water partition coefficient (Wildman–Crippen LogP) is 2.48. The summed E-state index contributed by atoms with van der Waals surface area (Å²) in [7, 11) is 2.04. The van der Waals surface area contributed by atoms with Gasteiger partial charge in [-0.05, 0) is 12.8 Å². The standard InChI is InChI=1S/C13H15NO/c1-14-9-5-8-12(14)10-13(15)11-6-3-2-4-7-11/h2-4,6-7,10H,5,8-9H2,1H3. The first-order chi connectivity index (χ1) is 7.27. The molecule has 1 saturated heterocycles. The van der Waals surface area contributed by atoms with Crippen molar-refractivity contribution in [2.24, 2.45) is 0 Å². The van der Waals surface area contributed by atoms with Gasteiger partial charge >= 0.3 is 0 Å². The molecule has 15 heavy (non-hydrogen) atoms. The van der Waals surface area contributed by atoms with Crippen molar-refractivity contribution in [3.8, 4) is 0 Å². The number of hydrogen-bond donors (Lipinski definition) is 0. The van der Waals surface area contributed by atoms with E-state index in [0.29, 0.717) is 0 Å². The van der Waals surface area contributed by atoms with E-state index < -0.39 is 0 Å². The second-order valence-corrected chi connectivity index (χ2v) is 3.89. The molecule has 2 rings (SSSR count). The third-order valence-corrected chi connectivity index (χ3v) is 2.77. The van der Waals surface area contributed by atoms with Gasteiger partial charge in [-0.3, -0.25) is 4.79 Å². The fourth-order valence-electron chi connectivity index (χ4n) is 1.85. The number of hydrogen-bond acceptors (Lipinski definition) is 2. The zero-order valence-electron chi connectivity index (χ0n) is 8.94. The van der Waals surface area contributed by atoms with Crippen LogP contribution in [-0.4, -0.2) is 24.3 Å². The Morgan fingerprint density at radius 1 is 1.33 bits per heavy atom. The average molecular weight is 201 g/mol. The van der Waals surface area contributed by atoms with E-state index in [9.17, 15) is 4.79 Å². The van der Waals surface area contributed by atoms with Crippen LogP contribution in [0, 0.1) is 0 Å². The van der Waals surface area contributed by atoms with Gasteiger partial charge in [0.2, 0.25) is 0 Å². The Morgan fingerprint density at radius 2 is 2.07 bits per heavy atom. The summed E-state index contributed by atoms with van der Waals surface area (Å²) in [5.74, 6) is 0.111. The molecule has 0 aromatic heterocycles. The molecule has 1 fully saturated rings. The van der Waals surface area contributed by atoms with Crippen molar-refractivity contribution >= 4 is 5.78 Å². The predicted molar refractivity (Wildman–Crippen MR) is 60.7 cm³/mol. The number of nitrogens with zero attached hydrogens (tertiary/aromatic N) is 1. The summed E-state index contributed by atoms with van der Waals surface area (Å²) < 4.78 is 0. The first-order valence-electron chi connectivity index (χ1n) is 5.28. The molecule has 0 unspecified atom stereocenters. The highest BCUT2D eigenvalue weighted by atomic mass is 16.1. The zero-order chi connectivity index (χ0) is 10.7. The van der Waals surface area contributed by atoms with Crippen LogP contribution in [0.4, 0.5) is 0 Å². The lowest BCUT2D eigenvalue weighted by molar-refractivity contribution is 0.104. The summed E-state index contributed by atoms with van der Waals surface area (Å²) in [4.78, 5) is 14.0. The molecule has 0 N–H and O–H groups in total. The third kappa shape index (κ3) is 2.27. The molecule has 1 aliphatic rings. The number of carbonyl (C=O) groups is 1. The van der Waals surface area contributed by atoms with Gasteiger partial charge in [0, 0.05) is 30.9 Å². The molecule has 0 amide bonds. The van der Waals surface area contributed by atoms with Crippen molar-refractivity contribution in [3.05, 3.63) is 47.7 Å². The quantitative estimate of drug-likeness (QED) is 0.541. The van der Waals surface area contributed by atoms with E-state index in [1.165, 1.54) is 0 Å². The van der Waals surface area contributed by atoms with Gasteiger partial charge in [0.05, 0.1) is 0 Å². The molecular formula is C13H15NO. The fraction of sp³-hybridized carbons (Fsp3) is 0.308. The van der Waals surface area contributed by atoms with Crippen LogP contribution < -0.4 is 0 Å². The van der Waals surface area contributed by atoms with E-state index in [1.807, 2.05) is 37.4 Å². The lowest BCUT2D eigenvalue weighted by Crippen LogP contribution is -2.11. The minimum absolute atomic E-state index is 0.111. The van der Waals surface area contributed by atoms with Crippen LogP contribution in [0.25, 0.3) is 0 Å². The monoisotopic (exact) mass is 201 g/mol. The second-order valence-electron chi connectivity index (χ2n) is 3.89. The van der Waals surface area contributed by atoms with E-state index >= 15 is 0 Å². The molecule has 0 atom stereocenters. The number of ketones is 1. The van der Waals surface area contributed by atoms with Gasteiger partial charge in [-0.25, -0.2) is 0 Å². The fourth-order valence-corrected chi connectivity index (χ4v) is 1.85. The SMILES string of the molecule is CN1CCCC1=CC(=O)c1ccccc1. The van der Waals surface area contributed by atoms with Crippen LogP contribution in [0.15, 0.2) is 42.1 Å². The molecule has 0 radical (unpaired) electrons. The Kier molecular flexibility index (Phi) is 2.86. The first kappa shape index (κ1) is 9.97. The number of allylic oxidation sites excluding steroid dienone is 2. The van der Waals surface area contributed by atoms with Gasteiger partial charge < -0.3 is 4.90 Å². The maximum absolute atomic E-state index is 11.8. The zero-order valence-corrected chi connectivity index (χ0v) is 8.94. The van der Waals surface area contributed by atoms with Crippen LogP contribution in [0.2, 0.25) is 0 Å². The Hall–Kier alpha value is -1.57. The Balaban J connectivity index is 2.16. The summed E-state index contributed by atoms with van der Waals surface area (Å²) in [5.41, 5.74) is 1.93. The van der Waals surface area contributed by atoms with E-state index in [-0.39, 0.29) is 5.78 Å². The minimum atomic E-state index is 0.111. The topological polar surface area (TPSA) is 20.3 Å². The Labute approximate surface area is 90.2 Å². The smallest absolute Gasteiger partial charge is 0.187 e. The van der Waals surface area contributed by atoms with Crippen LogP contribution in [0.5, 0.6) is 0 Å². The molecule has 2 nitrogen and oxygen atoms in total. The normalized spacial score (nSPS) is 18.5. The van der Waals surface area contributed by atoms with Crippen LogP contribution in [0.1, 0.15) is 23.2 Å². The van der Waals surface area contributed by atoms with Gasteiger partial charge in [-0.15, -0.1) is 0 Å². The molecule has 1 aromatic carbocycles. The summed E-state index contributed by atoms with van der Waals surface area (Å²) in [5, 5.41) is 0. The van der Waals surface area contributed by atoms with Crippen LogP contribution in [-0.2, 0) is 0 Å². The molecule has 0 aliphatic carbocycles. The molecule has 1 heterocycles. The second kappa shape index (κ2) is 4.30. The summed E-state index contributed by atoms with van der Waals surface area (Å²) in [6.07, 6.45) is 3.95. The highest BCUT2D eigenvalue weighted by molar-refractivity contribution is 6.04. The molecule has 1 aromatic rings. The highest BCUT2D eigenvalue weighted by Gasteiger charge is 2.14. The third-order valence-electron chi connectivity index (χ3n) is 2.77. The Bertz CT molecular complexity index is 381. The number of likely N-dealkylation sites (tertiary alicyclic amines) is 1. The van der Waals surface area contributed by atoms with Gasteiger partial charge in [-0.1, -0.05) is 30.3 Å². The molecule has 0 saturated carbocycles. The van der Waals surface area contributed by atoms with Crippen molar-refractivity contribution < 1.29 is 4.79 Å². The highest BCUT2D eigenvalue weighted by Crippen LogP contribution is 2.19. The molecule has 1 aliphatic heterocycles. The van der Waals surface area contributed by atoms with Crippen molar-refractivity contribution in [2.45, 2.75) is 12.8 Å². The van der Waals surface area contributed by atoms with Crippen LogP contribution in [0.3, 0.4) is 0 Å². The van der Waals surface area contributed by atoms with E-state index in [2.05, 4.69) is 4.90 Å². The van der Waals surface area contributed by atoms with E-state index in [1.54, 1.807) is 6.08 Å². The first-order valence-corrected chi connectivity index (χ1v) is 5.28. The molecular weight excluding hydrogens is 186 g/mol. The van der Waals surface area contributed by atoms with Crippen molar-refractivity contribution in [1.82, 2.24) is 4.90 Å². The molecule has 0 spiro atoms. The van der Waals surface area contributed by atoms with Gasteiger partial charge in [0.1, 0.15) is 0 Å². The number of benzene rings is 1. The van der Waals surface area contributed by atoms with Crippen LogP contribution >= 0.6 is 0 Å². The lowest BCUT2D eigenvalue weighted by atomic mass is 10.1. The van der Waals surface area contributed by atoms with Crippen molar-refractivity contribution in [1.29, 1.82) is 0 Å². The Morgan fingerprint density at radius 3 is 2.67 bits per heavy atom. The summed E-state index contributed by atoms with van der Waals surface area (Å²) in [6.45, 7) is 1.06. The minimum Gasteiger partial charge on any atom is -0.378 e. The van der Waals surface area contributed by atoms with E-state index in [4.69, 9.17) is 0 Å². The lowest BCUT2D eigenvalue weighted by Gasteiger charge is -2.11. The van der Waals surface area contributed by atoms with Gasteiger partial charge in [0.15, 0.2) is 5.78 Å². The molecule has 2 heteroatoms. The van der Waals surface area contributed by atoms with Crippen molar-refractivity contribution in [3.63, 3.8) is 0 Å². The van der Waals surface area contributed by atoms with Gasteiger partial charge in [-0.2, -0.15) is 0 Å². The maximum atomic E-state index is 11.8. The summed E-state index contributed by atoms with van der Waals surface area (Å²) in [6, 6.07) is 9.42. The number of rotatable bonds is 2. The average Bonchev–Trinajstić information content (AvgIpc) is 2.66. The molecule has 78 valence electrons. The van der Waals surface area contributed by atoms with E-state index in [0.717, 1.165) is 30.6 Å². The summed E-state index contributed by atoms with van der Waals surface area (Å²) >= 11 is 0. The number of carbonyl (C=O) groups excluding carboxylic acids is 1. The van der Waals surface area contributed by atoms with Gasteiger partial charge in [0.25, 0.3) is 0 Å².